The Morgan fingerprint density at radius 2 is 0.500 bits per heavy atom. The number of unbranched alkanes of at least 4 members (excludes halogenated alkanes) is 55. The number of hydrogen-bond donors (Lipinski definition) is 1. The summed E-state index contributed by atoms with van der Waals surface area (Å²) in [5.74, 6) is -0.564. The molecule has 86 heavy (non-hydrogen) atoms. The van der Waals surface area contributed by atoms with Gasteiger partial charge in [-0.05, 0) is 77.0 Å². The van der Waals surface area contributed by atoms with E-state index in [1.165, 1.54) is 340 Å². The van der Waals surface area contributed by atoms with Gasteiger partial charge in [0.15, 0.2) is 6.10 Å². The second-order valence-corrected chi connectivity index (χ2v) is 26.4. The third-order valence-electron chi connectivity index (χ3n) is 17.8. The molecule has 0 saturated carbocycles. The molecule has 0 aromatic carbocycles. The Morgan fingerprint density at radius 1 is 0.279 bits per heavy atom. The van der Waals surface area contributed by atoms with E-state index in [0.29, 0.717) is 12.8 Å². The second kappa shape index (κ2) is 76.8. The van der Waals surface area contributed by atoms with Gasteiger partial charge in [0.1, 0.15) is 6.61 Å². The monoisotopic (exact) mass is 1200 g/mol. The van der Waals surface area contributed by atoms with E-state index >= 15 is 0 Å². The van der Waals surface area contributed by atoms with Gasteiger partial charge in [-0.1, -0.05) is 396 Å². The summed E-state index contributed by atoms with van der Waals surface area (Å²) in [4.78, 5) is 24.7. The van der Waals surface area contributed by atoms with Crippen LogP contribution in [0.1, 0.15) is 425 Å². The van der Waals surface area contributed by atoms with Crippen molar-refractivity contribution < 1.29 is 24.2 Å². The second-order valence-electron chi connectivity index (χ2n) is 26.4. The Bertz CT molecular complexity index is 1460. The highest BCUT2D eigenvalue weighted by Gasteiger charge is 2.16. The van der Waals surface area contributed by atoms with Crippen molar-refractivity contribution >= 4 is 11.9 Å². The van der Waals surface area contributed by atoms with Gasteiger partial charge in [0.2, 0.25) is 0 Å². The van der Waals surface area contributed by atoms with Crippen molar-refractivity contribution in [3.8, 4) is 0 Å². The summed E-state index contributed by atoms with van der Waals surface area (Å²) in [7, 11) is 0. The molecule has 1 atom stereocenters. The summed E-state index contributed by atoms with van der Waals surface area (Å²) in [6.07, 6.45) is 106. The normalized spacial score (nSPS) is 12.5. The third kappa shape index (κ3) is 74.1. The van der Waals surface area contributed by atoms with Crippen LogP contribution in [0.5, 0.6) is 0 Å². The van der Waals surface area contributed by atoms with Crippen molar-refractivity contribution in [2.45, 2.75) is 431 Å². The molecule has 0 aromatic rings. The molecule has 0 aliphatic carbocycles. The Morgan fingerprint density at radius 3 is 0.767 bits per heavy atom. The lowest BCUT2D eigenvalue weighted by Gasteiger charge is -2.15. The van der Waals surface area contributed by atoms with E-state index in [1.54, 1.807) is 0 Å². The summed E-state index contributed by atoms with van der Waals surface area (Å²) in [5.41, 5.74) is 0. The smallest absolute Gasteiger partial charge is 0.306 e. The fraction of sp³-hybridized carbons (Fsp3) is 0.852. The number of rotatable bonds is 73. The minimum Gasteiger partial charge on any atom is -0.462 e. The van der Waals surface area contributed by atoms with Crippen molar-refractivity contribution in [1.29, 1.82) is 0 Å². The molecule has 0 radical (unpaired) electrons. The minimum absolute atomic E-state index is 0.0594. The highest BCUT2D eigenvalue weighted by atomic mass is 16.6. The van der Waals surface area contributed by atoms with Crippen molar-refractivity contribution in [1.82, 2.24) is 0 Å². The Kier molecular flexibility index (Phi) is 74.7. The molecule has 0 fully saturated rings. The van der Waals surface area contributed by atoms with Crippen LogP contribution in [0.15, 0.2) is 60.8 Å². The number of aliphatic hydroxyl groups is 1. The van der Waals surface area contributed by atoms with Crippen molar-refractivity contribution in [3.63, 3.8) is 0 Å². The van der Waals surface area contributed by atoms with Gasteiger partial charge in [-0.15, -0.1) is 0 Å². The van der Waals surface area contributed by atoms with Crippen LogP contribution in [0.4, 0.5) is 0 Å². The topological polar surface area (TPSA) is 72.8 Å². The fourth-order valence-electron chi connectivity index (χ4n) is 12.0. The average molecular weight is 1200 g/mol. The molecular formula is C81H150O5. The lowest BCUT2D eigenvalue weighted by atomic mass is 10.0. The molecule has 5 nitrogen and oxygen atoms in total. The van der Waals surface area contributed by atoms with E-state index in [-0.39, 0.29) is 25.2 Å². The maximum atomic E-state index is 12.4. The van der Waals surface area contributed by atoms with Gasteiger partial charge in [-0.2, -0.15) is 0 Å². The summed E-state index contributed by atoms with van der Waals surface area (Å²) in [6.45, 7) is 4.09. The first kappa shape index (κ1) is 83.6. The molecular weight excluding hydrogens is 1050 g/mol. The number of aliphatic hydroxyl groups excluding tert-OH is 1. The van der Waals surface area contributed by atoms with Crippen LogP contribution >= 0.6 is 0 Å². The molecule has 1 N–H and O–H groups in total. The van der Waals surface area contributed by atoms with E-state index in [1.807, 2.05) is 0 Å². The van der Waals surface area contributed by atoms with Crippen LogP contribution in [0.25, 0.3) is 0 Å². The van der Waals surface area contributed by atoms with Crippen LogP contribution in [-0.2, 0) is 19.1 Å². The molecule has 0 saturated heterocycles. The van der Waals surface area contributed by atoms with Crippen LogP contribution < -0.4 is 0 Å². The van der Waals surface area contributed by atoms with Crippen LogP contribution in [0.2, 0.25) is 0 Å². The minimum atomic E-state index is -0.771. The van der Waals surface area contributed by atoms with E-state index in [0.717, 1.165) is 57.8 Å². The molecule has 5 heteroatoms. The van der Waals surface area contributed by atoms with Gasteiger partial charge in [0.05, 0.1) is 6.61 Å². The lowest BCUT2D eigenvalue weighted by Crippen LogP contribution is -2.28. The summed E-state index contributed by atoms with van der Waals surface area (Å²) in [6, 6.07) is 0. The zero-order chi connectivity index (χ0) is 61.9. The molecule has 0 heterocycles. The standard InChI is InChI=1S/C81H150O5/c1-3-5-7-9-11-13-15-17-19-21-23-25-27-29-31-33-35-37-39-40-42-44-46-48-50-52-54-56-58-60-62-64-66-68-70-72-74-76-81(84)86-79(77-82)78-85-80(83)75-73-71-69-67-65-63-61-59-57-55-53-51-49-47-45-43-41-38-36-34-32-30-28-26-24-22-20-18-16-14-12-10-8-6-4-2/h5,7,11,13,17,19,22-25,79,82H,3-4,6,8-10,12,14-16,18,20-21,26-78H2,1-2H3/b7-5-,13-11-,19-17-,24-22-,25-23-. The maximum Gasteiger partial charge on any atom is 0.306 e. The SMILES string of the molecule is CC/C=C\C/C=C\C/C=C\C/C=C\CCCCCCCCCCCCCCCCCCCCCCCCCCC(=O)OC(CO)COC(=O)CCCCCCCCCCCCCCCCCCCCCCCCC/C=C\CCCCCCCCCC. The van der Waals surface area contributed by atoms with Crippen molar-refractivity contribution in [2.75, 3.05) is 13.2 Å². The van der Waals surface area contributed by atoms with E-state index in [2.05, 4.69) is 74.6 Å². The summed E-state index contributed by atoms with van der Waals surface area (Å²) >= 11 is 0. The zero-order valence-corrected chi connectivity index (χ0v) is 58.1. The summed E-state index contributed by atoms with van der Waals surface area (Å²) in [5, 5.41) is 9.72. The number of hydrogen-bond acceptors (Lipinski definition) is 5. The molecule has 0 rings (SSSR count). The number of allylic oxidation sites excluding steroid dienone is 10. The van der Waals surface area contributed by atoms with Crippen molar-refractivity contribution in [3.05, 3.63) is 60.8 Å². The van der Waals surface area contributed by atoms with Crippen LogP contribution in [0.3, 0.4) is 0 Å². The first-order chi connectivity index (χ1) is 42.6. The lowest BCUT2D eigenvalue weighted by molar-refractivity contribution is -0.161. The number of carbonyl (C=O) groups excluding carboxylic acids is 2. The van der Waals surface area contributed by atoms with Gasteiger partial charge in [-0.25, -0.2) is 0 Å². The Hall–Kier alpha value is -2.40. The van der Waals surface area contributed by atoms with E-state index in [4.69, 9.17) is 9.47 Å². The molecule has 0 aromatic heterocycles. The average Bonchev–Trinajstić information content (AvgIpc) is 3.53. The molecule has 0 spiro atoms. The fourth-order valence-corrected chi connectivity index (χ4v) is 12.0. The number of carbonyl (C=O) groups is 2. The summed E-state index contributed by atoms with van der Waals surface area (Å²) < 4.78 is 10.8. The quantitative estimate of drug-likeness (QED) is 0.0373. The zero-order valence-electron chi connectivity index (χ0n) is 58.1. The molecule has 504 valence electrons. The third-order valence-corrected chi connectivity index (χ3v) is 17.8. The molecule has 0 aliphatic heterocycles. The van der Waals surface area contributed by atoms with Gasteiger partial charge in [0, 0.05) is 12.8 Å². The van der Waals surface area contributed by atoms with Gasteiger partial charge < -0.3 is 14.6 Å². The van der Waals surface area contributed by atoms with E-state index < -0.39 is 6.10 Å². The highest BCUT2D eigenvalue weighted by Crippen LogP contribution is 2.20. The predicted molar refractivity (Wildman–Crippen MR) is 380 cm³/mol. The van der Waals surface area contributed by atoms with E-state index in [9.17, 15) is 14.7 Å². The largest absolute Gasteiger partial charge is 0.462 e. The molecule has 1 unspecified atom stereocenters. The molecule has 0 aliphatic rings. The van der Waals surface area contributed by atoms with Gasteiger partial charge in [-0.3, -0.25) is 9.59 Å². The molecule has 0 bridgehead atoms. The first-order valence-electron chi connectivity index (χ1n) is 38.8. The predicted octanol–water partition coefficient (Wildman–Crippen LogP) is 27.2. The van der Waals surface area contributed by atoms with Gasteiger partial charge >= 0.3 is 11.9 Å². The van der Waals surface area contributed by atoms with Crippen LogP contribution in [0, 0.1) is 0 Å². The van der Waals surface area contributed by atoms with Gasteiger partial charge in [0.25, 0.3) is 0 Å². The highest BCUT2D eigenvalue weighted by molar-refractivity contribution is 5.70. The first-order valence-corrected chi connectivity index (χ1v) is 38.8. The van der Waals surface area contributed by atoms with Crippen molar-refractivity contribution in [2.24, 2.45) is 0 Å². The Labute approximate surface area is 538 Å². The molecule has 0 amide bonds. The Balaban J connectivity index is 3.37. The van der Waals surface area contributed by atoms with Crippen LogP contribution in [-0.4, -0.2) is 36.4 Å². The number of ether oxygens (including phenoxy) is 2. The maximum absolute atomic E-state index is 12.4. The number of esters is 2.